The summed E-state index contributed by atoms with van der Waals surface area (Å²) in [4.78, 5) is 31.3. The van der Waals surface area contributed by atoms with Crippen molar-refractivity contribution in [3.8, 4) is 0 Å². The first-order valence-corrected chi connectivity index (χ1v) is 9.87. The van der Waals surface area contributed by atoms with Crippen LogP contribution in [0.3, 0.4) is 0 Å². The highest BCUT2D eigenvalue weighted by atomic mass is 16.3. The third-order valence-corrected chi connectivity index (χ3v) is 5.98. The van der Waals surface area contributed by atoms with Crippen LogP contribution in [0.1, 0.15) is 51.0 Å². The fourth-order valence-corrected chi connectivity index (χ4v) is 4.35. The van der Waals surface area contributed by atoms with Gasteiger partial charge in [-0.05, 0) is 68.9 Å². The molecule has 1 aromatic heterocycles. The Hall–Kier alpha value is -2.15. The van der Waals surface area contributed by atoms with E-state index in [2.05, 4.69) is 17.2 Å². The van der Waals surface area contributed by atoms with Gasteiger partial charge in [0.1, 0.15) is 5.82 Å². The van der Waals surface area contributed by atoms with Gasteiger partial charge in [-0.25, -0.2) is 4.98 Å². The minimum absolute atomic E-state index is 0.0817. The summed E-state index contributed by atoms with van der Waals surface area (Å²) in [7, 11) is 0. The number of rotatable bonds is 2. The van der Waals surface area contributed by atoms with Gasteiger partial charge < -0.3 is 21.1 Å². The molecule has 0 spiro atoms. The monoisotopic (exact) mass is 374 g/mol. The Bertz CT molecular complexity index is 700. The Morgan fingerprint density at radius 2 is 1.93 bits per heavy atom. The summed E-state index contributed by atoms with van der Waals surface area (Å²) in [6.07, 6.45) is 6.60. The Kier molecular flexibility index (Phi) is 5.99. The molecule has 0 aromatic carbocycles. The summed E-state index contributed by atoms with van der Waals surface area (Å²) in [6.45, 7) is 4.53. The summed E-state index contributed by atoms with van der Waals surface area (Å²) in [5, 5.41) is 12.4. The minimum Gasteiger partial charge on any atom is -0.393 e. The lowest BCUT2D eigenvalue weighted by atomic mass is 9.77. The fraction of sp³-hybridized carbons (Fsp3) is 0.650. The van der Waals surface area contributed by atoms with Crippen LogP contribution in [0.15, 0.2) is 12.3 Å². The molecular weight excluding hydrogens is 344 g/mol. The second-order valence-electron chi connectivity index (χ2n) is 8.16. The lowest BCUT2D eigenvalue weighted by molar-refractivity contribution is -0.148. The highest BCUT2D eigenvalue weighted by Crippen LogP contribution is 2.35. The number of nitrogens with two attached hydrogens (primary N) is 1. The van der Waals surface area contributed by atoms with E-state index in [1.54, 1.807) is 17.9 Å². The van der Waals surface area contributed by atoms with Crippen molar-refractivity contribution in [1.82, 2.24) is 9.88 Å². The second-order valence-corrected chi connectivity index (χ2v) is 8.16. The Balaban J connectivity index is 1.70. The molecule has 2 aliphatic rings. The van der Waals surface area contributed by atoms with Gasteiger partial charge in [-0.2, -0.15) is 0 Å². The number of carbonyl (C=O) groups is 2. The molecule has 1 saturated carbocycles. The number of carbonyl (C=O) groups excluding carboxylic acids is 2. The molecule has 0 bridgehead atoms. The molecule has 27 heavy (non-hydrogen) atoms. The van der Waals surface area contributed by atoms with Gasteiger partial charge in [0.05, 0.1) is 18.0 Å². The first-order chi connectivity index (χ1) is 12.8. The van der Waals surface area contributed by atoms with Crippen LogP contribution in [0.4, 0.5) is 11.5 Å². The normalized spacial score (nSPS) is 28.6. The molecule has 1 saturated heterocycles. The van der Waals surface area contributed by atoms with Gasteiger partial charge in [0.15, 0.2) is 0 Å². The number of anilines is 2. The quantitative estimate of drug-likeness (QED) is 0.687. The van der Waals surface area contributed by atoms with Crippen LogP contribution in [-0.4, -0.2) is 45.5 Å². The van der Waals surface area contributed by atoms with Crippen molar-refractivity contribution < 1.29 is 14.7 Å². The number of pyridine rings is 1. The zero-order valence-electron chi connectivity index (χ0n) is 16.1. The van der Waals surface area contributed by atoms with E-state index in [1.807, 2.05) is 0 Å². The number of amides is 2. The summed E-state index contributed by atoms with van der Waals surface area (Å²) < 4.78 is 0. The molecule has 0 unspecified atom stereocenters. The molecule has 4 N–H and O–H groups in total. The number of nitrogens with one attached hydrogen (secondary N) is 1. The molecule has 7 nitrogen and oxygen atoms in total. The van der Waals surface area contributed by atoms with Gasteiger partial charge >= 0.3 is 11.8 Å². The molecule has 2 fully saturated rings. The summed E-state index contributed by atoms with van der Waals surface area (Å²) in [5.41, 5.74) is 6.93. The van der Waals surface area contributed by atoms with Crippen LogP contribution in [0.2, 0.25) is 0 Å². The molecule has 0 radical (unpaired) electrons. The van der Waals surface area contributed by atoms with Crippen LogP contribution in [0, 0.1) is 18.8 Å². The van der Waals surface area contributed by atoms with Gasteiger partial charge in [-0.15, -0.1) is 0 Å². The van der Waals surface area contributed by atoms with Gasteiger partial charge in [0.25, 0.3) is 0 Å². The van der Waals surface area contributed by atoms with Gasteiger partial charge in [0, 0.05) is 12.6 Å². The van der Waals surface area contributed by atoms with Crippen molar-refractivity contribution in [3.05, 3.63) is 17.8 Å². The number of hydrogen-bond donors (Lipinski definition) is 3. The van der Waals surface area contributed by atoms with E-state index in [9.17, 15) is 14.7 Å². The number of nitrogen functional groups attached to an aromatic ring is 1. The standard InChI is InChI=1S/C20H30N4O3/c1-12-3-8-17(14-4-6-16(25)7-5-14)24(11-12)20(27)19(26)23-15-9-13(2)18(21)22-10-15/h9-10,12,14,16-17,25H,3-8,11H2,1-2H3,(H2,21,22)(H,23,26)/t12-,14?,16?,17+/m0/s1. The van der Waals surface area contributed by atoms with Gasteiger partial charge in [0.2, 0.25) is 0 Å². The molecule has 2 amide bonds. The van der Waals surface area contributed by atoms with Crippen LogP contribution >= 0.6 is 0 Å². The number of piperidine rings is 1. The first-order valence-electron chi connectivity index (χ1n) is 9.87. The average Bonchev–Trinajstić information content (AvgIpc) is 2.65. The summed E-state index contributed by atoms with van der Waals surface area (Å²) in [6, 6.07) is 1.80. The molecule has 1 aliphatic carbocycles. The molecule has 148 valence electrons. The average molecular weight is 374 g/mol. The number of hydrogen-bond acceptors (Lipinski definition) is 5. The van der Waals surface area contributed by atoms with Crippen LogP contribution in [0.25, 0.3) is 0 Å². The number of aliphatic hydroxyl groups excluding tert-OH is 1. The van der Waals surface area contributed by atoms with E-state index in [0.29, 0.717) is 29.9 Å². The molecule has 3 rings (SSSR count). The fourth-order valence-electron chi connectivity index (χ4n) is 4.35. The predicted molar refractivity (Wildman–Crippen MR) is 104 cm³/mol. The Morgan fingerprint density at radius 3 is 2.59 bits per heavy atom. The van der Waals surface area contributed by atoms with Crippen molar-refractivity contribution in [1.29, 1.82) is 0 Å². The van der Waals surface area contributed by atoms with E-state index >= 15 is 0 Å². The summed E-state index contributed by atoms with van der Waals surface area (Å²) >= 11 is 0. The molecule has 2 atom stereocenters. The maximum Gasteiger partial charge on any atom is 0.313 e. The number of aromatic nitrogens is 1. The number of likely N-dealkylation sites (tertiary alicyclic amines) is 1. The molecule has 7 heteroatoms. The zero-order valence-corrected chi connectivity index (χ0v) is 16.1. The van der Waals surface area contributed by atoms with Crippen molar-refractivity contribution in [2.45, 2.75) is 64.5 Å². The lowest BCUT2D eigenvalue weighted by Gasteiger charge is -2.44. The highest BCUT2D eigenvalue weighted by molar-refractivity contribution is 6.39. The third kappa shape index (κ3) is 4.58. The lowest BCUT2D eigenvalue weighted by Crippen LogP contribution is -2.53. The number of aryl methyl sites for hydroxylation is 1. The topological polar surface area (TPSA) is 109 Å². The van der Waals surface area contributed by atoms with E-state index in [1.165, 1.54) is 6.20 Å². The number of aliphatic hydroxyl groups is 1. The molecule has 1 aliphatic heterocycles. The van der Waals surface area contributed by atoms with Crippen LogP contribution in [-0.2, 0) is 9.59 Å². The smallest absolute Gasteiger partial charge is 0.313 e. The first kappa shape index (κ1) is 19.6. The van der Waals surface area contributed by atoms with E-state index in [-0.39, 0.29) is 12.1 Å². The number of nitrogens with zero attached hydrogens (tertiary/aromatic N) is 2. The highest BCUT2D eigenvalue weighted by Gasteiger charge is 2.38. The third-order valence-electron chi connectivity index (χ3n) is 5.98. The van der Waals surface area contributed by atoms with Gasteiger partial charge in [-0.3, -0.25) is 9.59 Å². The molecule has 1 aromatic rings. The van der Waals surface area contributed by atoms with E-state index < -0.39 is 11.8 Å². The van der Waals surface area contributed by atoms with Gasteiger partial charge in [-0.1, -0.05) is 6.92 Å². The predicted octanol–water partition coefficient (Wildman–Crippen LogP) is 2.09. The molecular formula is C20H30N4O3. The largest absolute Gasteiger partial charge is 0.393 e. The van der Waals surface area contributed by atoms with Crippen LogP contribution in [0.5, 0.6) is 0 Å². The van der Waals surface area contributed by atoms with Crippen LogP contribution < -0.4 is 11.1 Å². The van der Waals surface area contributed by atoms with Crippen molar-refractivity contribution in [3.63, 3.8) is 0 Å². The Morgan fingerprint density at radius 1 is 1.22 bits per heavy atom. The SMILES string of the molecule is Cc1cc(NC(=O)C(=O)N2C[C@@H](C)CC[C@@H]2C2CCC(O)CC2)cnc1N. The van der Waals surface area contributed by atoms with Crippen molar-refractivity contribution in [2.24, 2.45) is 11.8 Å². The molecule has 2 heterocycles. The minimum atomic E-state index is -0.629. The Labute approximate surface area is 160 Å². The maximum atomic E-state index is 12.9. The van der Waals surface area contributed by atoms with E-state index in [4.69, 9.17) is 5.73 Å². The summed E-state index contributed by atoms with van der Waals surface area (Å²) in [5.74, 6) is 0.0393. The van der Waals surface area contributed by atoms with Crippen molar-refractivity contribution in [2.75, 3.05) is 17.6 Å². The van der Waals surface area contributed by atoms with Crippen molar-refractivity contribution >= 4 is 23.3 Å². The second kappa shape index (κ2) is 8.25. The maximum absolute atomic E-state index is 12.9. The van der Waals surface area contributed by atoms with E-state index in [0.717, 1.165) is 44.1 Å². The zero-order chi connectivity index (χ0) is 19.6.